The second-order valence-corrected chi connectivity index (χ2v) is 6.05. The third kappa shape index (κ3) is 3.83. The third-order valence-corrected chi connectivity index (χ3v) is 4.06. The molecule has 0 aliphatic rings. The Hall–Kier alpha value is -2.05. The van der Waals surface area contributed by atoms with Crippen molar-refractivity contribution in [1.29, 1.82) is 0 Å². The van der Waals surface area contributed by atoms with E-state index in [0.717, 1.165) is 17.8 Å². The number of benzene rings is 2. The topological polar surface area (TPSA) is 24.9 Å². The summed E-state index contributed by atoms with van der Waals surface area (Å²) in [5.74, 6) is 0. The highest BCUT2D eigenvalue weighted by molar-refractivity contribution is 7.14. The minimum atomic E-state index is -4.37. The minimum absolute atomic E-state index is 0.426. The molecule has 0 atom stereocenters. The Kier molecular flexibility index (Phi) is 4.28. The van der Waals surface area contributed by atoms with Crippen molar-refractivity contribution in [2.24, 2.45) is 0 Å². The van der Waals surface area contributed by atoms with Gasteiger partial charge >= 0.3 is 6.18 Å². The maximum Gasteiger partial charge on any atom is 0.416 e. The van der Waals surface area contributed by atoms with Crippen molar-refractivity contribution in [3.8, 4) is 11.3 Å². The van der Waals surface area contributed by atoms with Crippen molar-refractivity contribution in [3.63, 3.8) is 0 Å². The van der Waals surface area contributed by atoms with Crippen molar-refractivity contribution in [3.05, 3.63) is 64.5 Å². The molecule has 118 valence electrons. The number of alkyl halides is 3. The summed E-state index contributed by atoms with van der Waals surface area (Å²) in [6.45, 7) is 0. The molecule has 3 rings (SSSR count). The zero-order valence-corrected chi connectivity index (χ0v) is 13.1. The summed E-state index contributed by atoms with van der Waals surface area (Å²) >= 11 is 7.22. The van der Waals surface area contributed by atoms with E-state index in [1.54, 1.807) is 29.6 Å². The van der Waals surface area contributed by atoms with E-state index in [-0.39, 0.29) is 0 Å². The van der Waals surface area contributed by atoms with Gasteiger partial charge < -0.3 is 5.32 Å². The molecule has 0 saturated carbocycles. The van der Waals surface area contributed by atoms with E-state index in [0.29, 0.717) is 21.4 Å². The normalized spacial score (nSPS) is 11.5. The molecule has 2 aromatic carbocycles. The molecule has 23 heavy (non-hydrogen) atoms. The molecule has 1 N–H and O–H groups in total. The highest BCUT2D eigenvalue weighted by Crippen LogP contribution is 2.33. The highest BCUT2D eigenvalue weighted by atomic mass is 35.5. The molecule has 0 amide bonds. The standard InChI is InChI=1S/C16H10ClF3N2S/c17-12-5-2-6-13(8-12)21-15-22-14(9-23-15)10-3-1-4-11(7-10)16(18,19)20/h1-9H,(H,21,22). The number of rotatable bonds is 3. The van der Waals surface area contributed by atoms with Gasteiger partial charge in [0.15, 0.2) is 5.13 Å². The largest absolute Gasteiger partial charge is 0.416 e. The second kappa shape index (κ2) is 6.22. The Balaban J connectivity index is 1.85. The Morgan fingerprint density at radius 3 is 2.57 bits per heavy atom. The molecule has 1 heterocycles. The van der Waals surface area contributed by atoms with Gasteiger partial charge in [-0.3, -0.25) is 0 Å². The Morgan fingerprint density at radius 2 is 1.83 bits per heavy atom. The number of thiazole rings is 1. The summed E-state index contributed by atoms with van der Waals surface area (Å²) in [5, 5.41) is 5.96. The zero-order valence-electron chi connectivity index (χ0n) is 11.6. The van der Waals surface area contributed by atoms with Crippen LogP contribution in [0.25, 0.3) is 11.3 Å². The van der Waals surface area contributed by atoms with Gasteiger partial charge in [0.25, 0.3) is 0 Å². The second-order valence-electron chi connectivity index (χ2n) is 4.75. The fraction of sp³-hybridized carbons (Fsp3) is 0.0625. The highest BCUT2D eigenvalue weighted by Gasteiger charge is 2.30. The lowest BCUT2D eigenvalue weighted by molar-refractivity contribution is -0.137. The van der Waals surface area contributed by atoms with E-state index < -0.39 is 11.7 Å². The molecule has 0 aliphatic carbocycles. The molecule has 0 radical (unpaired) electrons. The van der Waals surface area contributed by atoms with Gasteiger partial charge in [0.1, 0.15) is 0 Å². The van der Waals surface area contributed by atoms with Crippen LogP contribution in [0.4, 0.5) is 24.0 Å². The van der Waals surface area contributed by atoms with Crippen molar-refractivity contribution in [2.75, 3.05) is 5.32 Å². The van der Waals surface area contributed by atoms with E-state index in [1.165, 1.54) is 17.4 Å². The molecule has 3 aromatic rings. The maximum absolute atomic E-state index is 12.8. The molecule has 2 nitrogen and oxygen atoms in total. The summed E-state index contributed by atoms with van der Waals surface area (Å²) in [6.07, 6.45) is -4.37. The predicted octanol–water partition coefficient (Wildman–Crippen LogP) is 6.23. The first-order valence-corrected chi connectivity index (χ1v) is 7.83. The minimum Gasteiger partial charge on any atom is -0.331 e. The average molecular weight is 355 g/mol. The number of aromatic nitrogens is 1. The number of nitrogens with one attached hydrogen (secondary N) is 1. The van der Waals surface area contributed by atoms with Gasteiger partial charge in [-0.05, 0) is 30.3 Å². The van der Waals surface area contributed by atoms with Gasteiger partial charge in [-0.25, -0.2) is 4.98 Å². The lowest BCUT2D eigenvalue weighted by atomic mass is 10.1. The van der Waals surface area contributed by atoms with E-state index in [4.69, 9.17) is 11.6 Å². The maximum atomic E-state index is 12.8. The van der Waals surface area contributed by atoms with Gasteiger partial charge in [0.05, 0.1) is 11.3 Å². The van der Waals surface area contributed by atoms with Crippen molar-refractivity contribution < 1.29 is 13.2 Å². The molecule has 0 unspecified atom stereocenters. The summed E-state index contributed by atoms with van der Waals surface area (Å²) < 4.78 is 38.3. The van der Waals surface area contributed by atoms with Crippen molar-refractivity contribution >= 4 is 33.8 Å². The fourth-order valence-electron chi connectivity index (χ4n) is 2.01. The van der Waals surface area contributed by atoms with Crippen LogP contribution in [0.2, 0.25) is 5.02 Å². The van der Waals surface area contributed by atoms with Crippen LogP contribution in [0.15, 0.2) is 53.9 Å². The summed E-state index contributed by atoms with van der Waals surface area (Å²) in [5.41, 5.74) is 0.996. The van der Waals surface area contributed by atoms with Gasteiger partial charge in [0, 0.05) is 21.7 Å². The molecule has 0 spiro atoms. The first kappa shape index (κ1) is 15.8. The SMILES string of the molecule is FC(F)(F)c1cccc(-c2csc(Nc3cccc(Cl)c3)n2)c1. The zero-order chi connectivity index (χ0) is 16.4. The quantitative estimate of drug-likeness (QED) is 0.603. The number of hydrogen-bond acceptors (Lipinski definition) is 3. The van der Waals surface area contributed by atoms with Crippen LogP contribution in [0.5, 0.6) is 0 Å². The third-order valence-electron chi connectivity index (χ3n) is 3.07. The fourth-order valence-corrected chi connectivity index (χ4v) is 2.94. The molecule has 0 saturated heterocycles. The molecule has 0 bridgehead atoms. The van der Waals surface area contributed by atoms with Crippen LogP contribution in [-0.4, -0.2) is 4.98 Å². The molecule has 0 fully saturated rings. The average Bonchev–Trinajstić information content (AvgIpc) is 2.95. The molecular formula is C16H10ClF3N2S. The Labute approximate surface area is 139 Å². The van der Waals surface area contributed by atoms with Crippen LogP contribution < -0.4 is 5.32 Å². The lowest BCUT2D eigenvalue weighted by Crippen LogP contribution is -2.04. The van der Waals surface area contributed by atoms with Gasteiger partial charge in [0.2, 0.25) is 0 Å². The first-order valence-electron chi connectivity index (χ1n) is 6.57. The number of anilines is 2. The molecule has 1 aromatic heterocycles. The molecular weight excluding hydrogens is 345 g/mol. The summed E-state index contributed by atoms with van der Waals surface area (Å²) in [6, 6.07) is 12.2. The summed E-state index contributed by atoms with van der Waals surface area (Å²) in [7, 11) is 0. The molecule has 0 aliphatic heterocycles. The van der Waals surface area contributed by atoms with Gasteiger partial charge in [-0.15, -0.1) is 11.3 Å². The predicted molar refractivity (Wildman–Crippen MR) is 87.3 cm³/mol. The van der Waals surface area contributed by atoms with E-state index in [2.05, 4.69) is 10.3 Å². The van der Waals surface area contributed by atoms with Crippen molar-refractivity contribution in [2.45, 2.75) is 6.18 Å². The van der Waals surface area contributed by atoms with E-state index >= 15 is 0 Å². The summed E-state index contributed by atoms with van der Waals surface area (Å²) in [4.78, 5) is 4.33. The van der Waals surface area contributed by atoms with Crippen molar-refractivity contribution in [1.82, 2.24) is 4.98 Å². The Bertz CT molecular complexity index is 830. The van der Waals surface area contributed by atoms with Crippen LogP contribution in [0, 0.1) is 0 Å². The van der Waals surface area contributed by atoms with E-state index in [1.807, 2.05) is 6.07 Å². The van der Waals surface area contributed by atoms with Crippen LogP contribution in [-0.2, 0) is 6.18 Å². The smallest absolute Gasteiger partial charge is 0.331 e. The lowest BCUT2D eigenvalue weighted by Gasteiger charge is -2.07. The number of nitrogens with zero attached hydrogens (tertiary/aromatic N) is 1. The Morgan fingerprint density at radius 1 is 1.04 bits per heavy atom. The number of halogens is 4. The van der Waals surface area contributed by atoms with E-state index in [9.17, 15) is 13.2 Å². The van der Waals surface area contributed by atoms with Crippen LogP contribution >= 0.6 is 22.9 Å². The van der Waals surface area contributed by atoms with Gasteiger partial charge in [-0.2, -0.15) is 13.2 Å². The first-order chi connectivity index (χ1) is 10.9. The number of hydrogen-bond donors (Lipinski definition) is 1. The molecule has 7 heteroatoms. The monoisotopic (exact) mass is 354 g/mol. The van der Waals surface area contributed by atoms with Gasteiger partial charge in [-0.1, -0.05) is 29.8 Å². The van der Waals surface area contributed by atoms with Crippen LogP contribution in [0.3, 0.4) is 0 Å². The van der Waals surface area contributed by atoms with Crippen LogP contribution in [0.1, 0.15) is 5.56 Å².